The van der Waals surface area contributed by atoms with Gasteiger partial charge in [-0.15, -0.1) is 0 Å². The number of ketones is 1. The molecular weight excluding hydrogens is 506 g/mol. The third-order valence-corrected chi connectivity index (χ3v) is 6.56. The van der Waals surface area contributed by atoms with Crippen molar-refractivity contribution in [2.75, 3.05) is 23.9 Å². The van der Waals surface area contributed by atoms with E-state index >= 15 is 0 Å². The van der Waals surface area contributed by atoms with Crippen LogP contribution in [0.2, 0.25) is 5.02 Å². The molecule has 1 heterocycles. The van der Waals surface area contributed by atoms with E-state index in [1.165, 1.54) is 6.08 Å². The zero-order chi connectivity index (χ0) is 27.4. The SMILES string of the molecule is CN(C)c1ccc(C=C2N=C(c3ccccc3)N(c3ccc(C(=O)C=Cc4ccc(Cl)cc4)cc3)C2=O)cc1. The summed E-state index contributed by atoms with van der Waals surface area (Å²) in [5.41, 5.74) is 5.16. The predicted molar refractivity (Wildman–Crippen MR) is 160 cm³/mol. The van der Waals surface area contributed by atoms with E-state index in [0.29, 0.717) is 27.8 Å². The molecule has 0 atom stereocenters. The Hall–Kier alpha value is -4.74. The summed E-state index contributed by atoms with van der Waals surface area (Å²) in [4.78, 5) is 34.7. The molecule has 0 unspecified atom stereocenters. The highest BCUT2D eigenvalue weighted by Gasteiger charge is 2.32. The van der Waals surface area contributed by atoms with Gasteiger partial charge in [-0.25, -0.2) is 4.99 Å². The second kappa shape index (κ2) is 11.3. The van der Waals surface area contributed by atoms with Crippen LogP contribution in [-0.2, 0) is 4.79 Å². The molecule has 0 spiro atoms. The van der Waals surface area contributed by atoms with Crippen molar-refractivity contribution in [1.29, 1.82) is 0 Å². The average Bonchev–Trinajstić information content (AvgIpc) is 3.28. The Morgan fingerprint density at radius 3 is 2.10 bits per heavy atom. The molecule has 6 heteroatoms. The van der Waals surface area contributed by atoms with Crippen molar-refractivity contribution in [3.63, 3.8) is 0 Å². The molecule has 0 radical (unpaired) electrons. The van der Waals surface area contributed by atoms with E-state index in [9.17, 15) is 9.59 Å². The largest absolute Gasteiger partial charge is 0.378 e. The van der Waals surface area contributed by atoms with Crippen LogP contribution in [0.3, 0.4) is 0 Å². The summed E-state index contributed by atoms with van der Waals surface area (Å²) in [7, 11) is 3.97. The Kier molecular flexibility index (Phi) is 7.53. The van der Waals surface area contributed by atoms with Crippen LogP contribution in [0.1, 0.15) is 27.0 Å². The summed E-state index contributed by atoms with van der Waals surface area (Å²) in [6.45, 7) is 0. The lowest BCUT2D eigenvalue weighted by Crippen LogP contribution is -2.32. The lowest BCUT2D eigenvalue weighted by molar-refractivity contribution is -0.113. The molecule has 0 fully saturated rings. The molecule has 192 valence electrons. The van der Waals surface area contributed by atoms with E-state index in [-0.39, 0.29) is 11.7 Å². The zero-order valence-corrected chi connectivity index (χ0v) is 22.3. The van der Waals surface area contributed by atoms with E-state index in [1.807, 2.05) is 85.7 Å². The number of halogens is 1. The van der Waals surface area contributed by atoms with Gasteiger partial charge in [0.2, 0.25) is 0 Å². The van der Waals surface area contributed by atoms with E-state index in [1.54, 1.807) is 53.5 Å². The van der Waals surface area contributed by atoms with Gasteiger partial charge >= 0.3 is 0 Å². The monoisotopic (exact) mass is 531 g/mol. The fraction of sp³-hybridized carbons (Fsp3) is 0.0606. The van der Waals surface area contributed by atoms with Gasteiger partial charge in [-0.3, -0.25) is 14.5 Å². The first kappa shape index (κ1) is 25.9. The number of carbonyl (C=O) groups is 2. The zero-order valence-electron chi connectivity index (χ0n) is 21.6. The highest BCUT2D eigenvalue weighted by molar-refractivity contribution is 6.33. The van der Waals surface area contributed by atoms with Gasteiger partial charge in [0, 0.05) is 35.9 Å². The molecular formula is C33H26ClN3O2. The average molecular weight is 532 g/mol. The van der Waals surface area contributed by atoms with Gasteiger partial charge in [-0.1, -0.05) is 72.3 Å². The van der Waals surface area contributed by atoms with Crippen LogP contribution < -0.4 is 9.80 Å². The first-order valence-corrected chi connectivity index (χ1v) is 12.8. The number of hydrogen-bond donors (Lipinski definition) is 0. The quantitative estimate of drug-likeness (QED) is 0.188. The smallest absolute Gasteiger partial charge is 0.282 e. The molecule has 1 aliphatic rings. The van der Waals surface area contributed by atoms with Crippen molar-refractivity contribution in [2.24, 2.45) is 4.99 Å². The van der Waals surface area contributed by atoms with Gasteiger partial charge in [-0.05, 0) is 71.8 Å². The highest BCUT2D eigenvalue weighted by Crippen LogP contribution is 2.28. The van der Waals surface area contributed by atoms with E-state index in [4.69, 9.17) is 16.6 Å². The second-order valence-corrected chi connectivity index (χ2v) is 9.69. The minimum Gasteiger partial charge on any atom is -0.378 e. The number of carbonyl (C=O) groups excluding carboxylic acids is 2. The van der Waals surface area contributed by atoms with E-state index in [2.05, 4.69) is 0 Å². The van der Waals surface area contributed by atoms with Crippen molar-refractivity contribution >= 4 is 52.7 Å². The summed E-state index contributed by atoms with van der Waals surface area (Å²) >= 11 is 5.93. The molecule has 0 bridgehead atoms. The van der Waals surface area contributed by atoms with Crippen molar-refractivity contribution in [1.82, 2.24) is 0 Å². The van der Waals surface area contributed by atoms with Crippen LogP contribution in [0.4, 0.5) is 11.4 Å². The maximum atomic E-state index is 13.6. The Bertz CT molecular complexity index is 1590. The topological polar surface area (TPSA) is 53.0 Å². The maximum absolute atomic E-state index is 13.6. The normalized spacial score (nSPS) is 14.2. The third-order valence-electron chi connectivity index (χ3n) is 6.31. The Balaban J connectivity index is 1.42. The first-order valence-electron chi connectivity index (χ1n) is 12.4. The third kappa shape index (κ3) is 5.89. The number of benzene rings is 4. The van der Waals surface area contributed by atoms with Crippen molar-refractivity contribution in [2.45, 2.75) is 0 Å². The molecule has 0 aliphatic carbocycles. The summed E-state index contributed by atoms with van der Waals surface area (Å²) < 4.78 is 0. The number of rotatable bonds is 7. The molecule has 0 N–H and O–H groups in total. The number of anilines is 2. The molecule has 1 aliphatic heterocycles. The van der Waals surface area contributed by atoms with Crippen LogP contribution in [0.15, 0.2) is 120 Å². The Labute approximate surface area is 233 Å². The van der Waals surface area contributed by atoms with Gasteiger partial charge in [0.1, 0.15) is 11.5 Å². The van der Waals surface area contributed by atoms with Gasteiger partial charge in [0.25, 0.3) is 5.91 Å². The lowest BCUT2D eigenvalue weighted by Gasteiger charge is -2.18. The van der Waals surface area contributed by atoms with Gasteiger partial charge in [0.15, 0.2) is 5.78 Å². The summed E-state index contributed by atoms with van der Waals surface area (Å²) in [5, 5.41) is 0.643. The molecule has 4 aromatic rings. The van der Waals surface area contributed by atoms with Gasteiger partial charge in [0.05, 0.1) is 5.69 Å². The van der Waals surface area contributed by atoms with Crippen LogP contribution in [-0.4, -0.2) is 31.6 Å². The number of amidine groups is 1. The Morgan fingerprint density at radius 2 is 1.46 bits per heavy atom. The minimum absolute atomic E-state index is 0.136. The lowest BCUT2D eigenvalue weighted by atomic mass is 10.1. The fourth-order valence-corrected chi connectivity index (χ4v) is 4.31. The molecule has 5 nitrogen and oxygen atoms in total. The molecule has 1 amide bonds. The number of allylic oxidation sites excluding steroid dienone is 1. The highest BCUT2D eigenvalue weighted by atomic mass is 35.5. The molecule has 0 saturated heterocycles. The second-order valence-electron chi connectivity index (χ2n) is 9.25. The van der Waals surface area contributed by atoms with Crippen LogP contribution in [0, 0.1) is 0 Å². The van der Waals surface area contributed by atoms with Crippen molar-refractivity contribution in [3.05, 3.63) is 142 Å². The number of amides is 1. The first-order chi connectivity index (χ1) is 18.9. The van der Waals surface area contributed by atoms with Crippen LogP contribution in [0.25, 0.3) is 12.2 Å². The number of aliphatic imine (C=N–C) groups is 1. The number of nitrogens with zero attached hydrogens (tertiary/aromatic N) is 3. The van der Waals surface area contributed by atoms with E-state index in [0.717, 1.165) is 22.4 Å². The van der Waals surface area contributed by atoms with Crippen LogP contribution in [0.5, 0.6) is 0 Å². The van der Waals surface area contributed by atoms with Gasteiger partial charge in [-0.2, -0.15) is 0 Å². The van der Waals surface area contributed by atoms with E-state index < -0.39 is 0 Å². The summed E-state index contributed by atoms with van der Waals surface area (Å²) in [5.74, 6) is 0.175. The molecule has 4 aromatic carbocycles. The molecule has 39 heavy (non-hydrogen) atoms. The number of hydrogen-bond acceptors (Lipinski definition) is 4. The fourth-order valence-electron chi connectivity index (χ4n) is 4.18. The maximum Gasteiger partial charge on any atom is 0.282 e. The summed E-state index contributed by atoms with van der Waals surface area (Å²) in [6.07, 6.45) is 5.07. The minimum atomic E-state index is -0.229. The molecule has 0 aromatic heterocycles. The summed E-state index contributed by atoms with van der Waals surface area (Å²) in [6, 6.07) is 31.8. The van der Waals surface area contributed by atoms with Gasteiger partial charge < -0.3 is 4.90 Å². The standard InChI is InChI=1S/C33H26ClN3O2/c1-36(2)28-17-10-24(11-18-28)22-30-33(39)37(32(35-30)26-6-4-3-5-7-26)29-19-13-25(14-20-29)31(38)21-12-23-8-15-27(34)16-9-23/h3-22H,1-2H3. The Morgan fingerprint density at radius 1 is 0.821 bits per heavy atom. The van der Waals surface area contributed by atoms with Crippen molar-refractivity contribution < 1.29 is 9.59 Å². The van der Waals surface area contributed by atoms with Crippen LogP contribution >= 0.6 is 11.6 Å². The molecule has 0 saturated carbocycles. The van der Waals surface area contributed by atoms with Crippen molar-refractivity contribution in [3.8, 4) is 0 Å². The molecule has 5 rings (SSSR count). The predicted octanol–water partition coefficient (Wildman–Crippen LogP) is 7.14.